The highest BCUT2D eigenvalue weighted by molar-refractivity contribution is 5.95. The third-order valence-electron chi connectivity index (χ3n) is 3.42. The molecule has 2 N–H and O–H groups in total. The quantitative estimate of drug-likeness (QED) is 0.840. The van der Waals surface area contributed by atoms with Crippen molar-refractivity contribution < 1.29 is 18.7 Å². The molecular weight excluding hydrogens is 264 g/mol. The van der Waals surface area contributed by atoms with E-state index in [9.17, 15) is 18.7 Å². The number of amides is 1. The molecule has 2 aromatic carbocycles. The van der Waals surface area contributed by atoms with E-state index in [1.54, 1.807) is 6.07 Å². The maximum Gasteiger partial charge on any atom is 0.225 e. The topological polar surface area (TPSA) is 49.3 Å². The van der Waals surface area contributed by atoms with Gasteiger partial charge in [-0.25, -0.2) is 8.78 Å². The van der Waals surface area contributed by atoms with E-state index in [4.69, 9.17) is 0 Å². The van der Waals surface area contributed by atoms with Crippen LogP contribution in [0.5, 0.6) is 5.75 Å². The third kappa shape index (κ3) is 2.11. The Labute approximate surface area is 113 Å². The van der Waals surface area contributed by atoms with Crippen LogP contribution >= 0.6 is 0 Å². The molecule has 0 fully saturated rings. The van der Waals surface area contributed by atoms with Gasteiger partial charge in [-0.15, -0.1) is 0 Å². The lowest BCUT2D eigenvalue weighted by Crippen LogP contribution is -2.23. The Bertz CT molecular complexity index is 700. The van der Waals surface area contributed by atoms with Gasteiger partial charge in [0, 0.05) is 24.1 Å². The van der Waals surface area contributed by atoms with E-state index in [0.29, 0.717) is 11.3 Å². The van der Waals surface area contributed by atoms with E-state index in [1.165, 1.54) is 18.2 Å². The second-order valence-electron chi connectivity index (χ2n) is 4.75. The van der Waals surface area contributed by atoms with Gasteiger partial charge in [-0.2, -0.15) is 0 Å². The van der Waals surface area contributed by atoms with E-state index >= 15 is 0 Å². The molecule has 1 atom stereocenters. The molecule has 3 nitrogen and oxygen atoms in total. The Balaban J connectivity index is 2.10. The number of anilines is 1. The summed E-state index contributed by atoms with van der Waals surface area (Å²) in [5, 5.41) is 12.1. The van der Waals surface area contributed by atoms with Crippen molar-refractivity contribution >= 4 is 11.6 Å². The normalized spacial score (nSPS) is 17.5. The van der Waals surface area contributed by atoms with Crippen LogP contribution in [0.3, 0.4) is 0 Å². The standard InChI is InChI=1S/C15H11F2NO2/c16-12-4-1-8(5-13(12)17)11-7-15(20)18-14-6-9(19)2-3-10(11)14/h1-6,11,19H,7H2,(H,18,20). The zero-order chi connectivity index (χ0) is 14.3. The first-order valence-electron chi connectivity index (χ1n) is 6.12. The van der Waals surface area contributed by atoms with Crippen molar-refractivity contribution in [3.8, 4) is 5.75 Å². The van der Waals surface area contributed by atoms with Gasteiger partial charge < -0.3 is 10.4 Å². The predicted octanol–water partition coefficient (Wildman–Crippen LogP) is 3.14. The Kier molecular flexibility index (Phi) is 2.89. The predicted molar refractivity (Wildman–Crippen MR) is 69.6 cm³/mol. The van der Waals surface area contributed by atoms with Crippen molar-refractivity contribution in [2.45, 2.75) is 12.3 Å². The minimum absolute atomic E-state index is 0.0370. The first kappa shape index (κ1) is 12.6. The fourth-order valence-corrected chi connectivity index (χ4v) is 2.48. The Morgan fingerprint density at radius 1 is 1.10 bits per heavy atom. The van der Waals surface area contributed by atoms with Crippen molar-refractivity contribution in [2.24, 2.45) is 0 Å². The SMILES string of the molecule is O=C1CC(c2ccc(F)c(F)c2)c2ccc(O)cc2N1. The Morgan fingerprint density at radius 2 is 1.90 bits per heavy atom. The number of phenols is 1. The summed E-state index contributed by atoms with van der Waals surface area (Å²) < 4.78 is 26.4. The second-order valence-corrected chi connectivity index (χ2v) is 4.75. The van der Waals surface area contributed by atoms with Gasteiger partial charge in [0.2, 0.25) is 5.91 Å². The molecule has 1 aliphatic heterocycles. The number of carbonyl (C=O) groups is 1. The lowest BCUT2D eigenvalue weighted by Gasteiger charge is -2.26. The third-order valence-corrected chi connectivity index (χ3v) is 3.42. The zero-order valence-corrected chi connectivity index (χ0v) is 10.4. The van der Waals surface area contributed by atoms with Crippen LogP contribution in [0.2, 0.25) is 0 Å². The Morgan fingerprint density at radius 3 is 2.65 bits per heavy atom. The number of benzene rings is 2. The van der Waals surface area contributed by atoms with Crippen molar-refractivity contribution in [3.05, 3.63) is 59.2 Å². The van der Waals surface area contributed by atoms with Gasteiger partial charge in [0.1, 0.15) is 5.75 Å². The van der Waals surface area contributed by atoms with Crippen LogP contribution in [0.25, 0.3) is 0 Å². The minimum Gasteiger partial charge on any atom is -0.508 e. The number of nitrogens with one attached hydrogen (secondary N) is 1. The lowest BCUT2D eigenvalue weighted by molar-refractivity contribution is -0.116. The zero-order valence-electron chi connectivity index (χ0n) is 10.4. The molecule has 0 saturated heterocycles. The second kappa shape index (κ2) is 4.59. The molecule has 1 aliphatic rings. The summed E-state index contributed by atoms with van der Waals surface area (Å²) in [5.41, 5.74) is 1.80. The highest BCUT2D eigenvalue weighted by atomic mass is 19.2. The number of carbonyl (C=O) groups excluding carboxylic acids is 1. The number of hydrogen-bond acceptors (Lipinski definition) is 2. The summed E-state index contributed by atoms with van der Waals surface area (Å²) in [6.45, 7) is 0. The number of aromatic hydroxyl groups is 1. The van der Waals surface area contributed by atoms with Crippen molar-refractivity contribution in [1.29, 1.82) is 0 Å². The van der Waals surface area contributed by atoms with Crippen LogP contribution in [0.15, 0.2) is 36.4 Å². The molecule has 20 heavy (non-hydrogen) atoms. The average molecular weight is 275 g/mol. The molecule has 2 aromatic rings. The van der Waals surface area contributed by atoms with Crippen molar-refractivity contribution in [1.82, 2.24) is 0 Å². The van der Waals surface area contributed by atoms with Crippen molar-refractivity contribution in [3.63, 3.8) is 0 Å². The maximum absolute atomic E-state index is 13.4. The smallest absolute Gasteiger partial charge is 0.225 e. The number of hydrogen-bond donors (Lipinski definition) is 2. The lowest BCUT2D eigenvalue weighted by atomic mass is 9.84. The van der Waals surface area contributed by atoms with E-state index in [1.807, 2.05) is 0 Å². The first-order chi connectivity index (χ1) is 9.54. The number of fused-ring (bicyclic) bond motifs is 1. The summed E-state index contributed by atoms with van der Waals surface area (Å²) in [6.07, 6.45) is 0.156. The van der Waals surface area contributed by atoms with Crippen LogP contribution in [-0.2, 0) is 4.79 Å². The molecule has 0 radical (unpaired) electrons. The van der Waals surface area contributed by atoms with Gasteiger partial charge in [0.25, 0.3) is 0 Å². The maximum atomic E-state index is 13.4. The molecule has 1 heterocycles. The average Bonchev–Trinajstić information content (AvgIpc) is 2.40. The highest BCUT2D eigenvalue weighted by Gasteiger charge is 2.27. The van der Waals surface area contributed by atoms with Gasteiger partial charge in [0.15, 0.2) is 11.6 Å². The first-order valence-corrected chi connectivity index (χ1v) is 6.12. The van der Waals surface area contributed by atoms with E-state index in [0.717, 1.165) is 17.7 Å². The number of halogens is 2. The highest BCUT2D eigenvalue weighted by Crippen LogP contribution is 2.38. The molecular formula is C15H11F2NO2. The molecule has 3 rings (SSSR count). The van der Waals surface area contributed by atoms with Gasteiger partial charge in [-0.05, 0) is 29.3 Å². The molecule has 0 bridgehead atoms. The molecule has 102 valence electrons. The number of rotatable bonds is 1. The van der Waals surface area contributed by atoms with E-state index < -0.39 is 11.6 Å². The van der Waals surface area contributed by atoms with Gasteiger partial charge >= 0.3 is 0 Å². The molecule has 0 spiro atoms. The van der Waals surface area contributed by atoms with Gasteiger partial charge in [0.05, 0.1) is 0 Å². The van der Waals surface area contributed by atoms with E-state index in [-0.39, 0.29) is 24.0 Å². The molecule has 0 saturated carbocycles. The van der Waals surface area contributed by atoms with Crippen LogP contribution < -0.4 is 5.32 Å². The number of phenolic OH excluding ortho intramolecular Hbond substituents is 1. The summed E-state index contributed by atoms with van der Waals surface area (Å²) in [6, 6.07) is 8.25. The van der Waals surface area contributed by atoms with Crippen LogP contribution in [0.4, 0.5) is 14.5 Å². The summed E-state index contributed by atoms with van der Waals surface area (Å²) >= 11 is 0. The van der Waals surface area contributed by atoms with Crippen molar-refractivity contribution in [2.75, 3.05) is 5.32 Å². The fraction of sp³-hybridized carbons (Fsp3) is 0.133. The monoisotopic (exact) mass is 275 g/mol. The molecule has 0 aliphatic carbocycles. The minimum atomic E-state index is -0.936. The van der Waals surface area contributed by atoms with Crippen LogP contribution in [0, 0.1) is 11.6 Å². The summed E-state index contributed by atoms with van der Waals surface area (Å²) in [4.78, 5) is 11.7. The van der Waals surface area contributed by atoms with Gasteiger partial charge in [-0.3, -0.25) is 4.79 Å². The fourth-order valence-electron chi connectivity index (χ4n) is 2.48. The molecule has 5 heteroatoms. The van der Waals surface area contributed by atoms with Gasteiger partial charge in [-0.1, -0.05) is 12.1 Å². The molecule has 1 amide bonds. The Hall–Kier alpha value is -2.43. The van der Waals surface area contributed by atoms with Crippen LogP contribution in [-0.4, -0.2) is 11.0 Å². The summed E-state index contributed by atoms with van der Waals surface area (Å²) in [7, 11) is 0. The molecule has 0 aromatic heterocycles. The molecule has 1 unspecified atom stereocenters. The summed E-state index contributed by atoms with van der Waals surface area (Å²) in [5.74, 6) is -2.39. The largest absolute Gasteiger partial charge is 0.508 e. The van der Waals surface area contributed by atoms with Crippen LogP contribution in [0.1, 0.15) is 23.5 Å². The van der Waals surface area contributed by atoms with E-state index in [2.05, 4.69) is 5.32 Å².